The smallest absolute Gasteiger partial charge is 0.330 e. The maximum absolute atomic E-state index is 13.5. The number of aromatic nitrogens is 1. The molecule has 3 aromatic rings. The van der Waals surface area contributed by atoms with Crippen molar-refractivity contribution in [3.8, 4) is 24.2 Å². The van der Waals surface area contributed by atoms with Crippen LogP contribution in [0.15, 0.2) is 72.8 Å². The highest BCUT2D eigenvalue weighted by Crippen LogP contribution is 2.43. The Labute approximate surface area is 187 Å². The van der Waals surface area contributed by atoms with E-state index in [4.69, 9.17) is 15.9 Å². The molecule has 1 atom stereocenters. The zero-order valence-electron chi connectivity index (χ0n) is 18.2. The molecule has 0 aliphatic heterocycles. The van der Waals surface area contributed by atoms with Crippen LogP contribution in [0.1, 0.15) is 32.0 Å². The summed E-state index contributed by atoms with van der Waals surface area (Å²) in [6.45, 7) is 5.57. The van der Waals surface area contributed by atoms with Crippen molar-refractivity contribution in [2.45, 2.75) is 20.8 Å². The van der Waals surface area contributed by atoms with Crippen molar-refractivity contribution >= 4 is 17.6 Å². The predicted molar refractivity (Wildman–Crippen MR) is 123 cm³/mol. The zero-order chi connectivity index (χ0) is 23.1. The van der Waals surface area contributed by atoms with Gasteiger partial charge in [0.05, 0.1) is 11.1 Å². The molecule has 0 saturated carbocycles. The predicted octanol–water partition coefficient (Wildman–Crippen LogP) is 6.35. The molecule has 5 heteroatoms. The van der Waals surface area contributed by atoms with E-state index in [9.17, 15) is 9.18 Å². The maximum atomic E-state index is 13.5. The third-order valence-electron chi connectivity index (χ3n) is 5.44. The SMILES string of the molecule is C#COC(=O)C(C)(C(=Cc1ccc(F)cc1)c1cccc(Oc2ccccc2)n1)C(C)C. The number of rotatable bonds is 7. The number of terminal acetylenes is 1. The van der Waals surface area contributed by atoms with Crippen molar-refractivity contribution in [3.05, 3.63) is 89.9 Å². The van der Waals surface area contributed by atoms with Crippen LogP contribution in [0.5, 0.6) is 11.6 Å². The number of benzene rings is 2. The van der Waals surface area contributed by atoms with E-state index in [1.807, 2.05) is 50.3 Å². The quantitative estimate of drug-likeness (QED) is 0.324. The van der Waals surface area contributed by atoms with Crippen LogP contribution in [0, 0.1) is 29.7 Å². The Bertz CT molecular complexity index is 1150. The second-order valence-electron chi connectivity index (χ2n) is 7.75. The van der Waals surface area contributed by atoms with E-state index in [-0.39, 0.29) is 11.7 Å². The van der Waals surface area contributed by atoms with Crippen molar-refractivity contribution in [1.29, 1.82) is 0 Å². The second kappa shape index (κ2) is 9.93. The van der Waals surface area contributed by atoms with Crippen molar-refractivity contribution in [2.24, 2.45) is 11.3 Å². The van der Waals surface area contributed by atoms with E-state index in [2.05, 4.69) is 4.98 Å². The molecule has 0 aliphatic rings. The molecule has 0 radical (unpaired) electrons. The topological polar surface area (TPSA) is 48.4 Å². The molecule has 0 spiro atoms. The first-order chi connectivity index (χ1) is 15.3. The average Bonchev–Trinajstić information content (AvgIpc) is 2.79. The Morgan fingerprint density at radius 1 is 1.06 bits per heavy atom. The van der Waals surface area contributed by atoms with Crippen LogP contribution < -0.4 is 4.74 Å². The first-order valence-corrected chi connectivity index (χ1v) is 10.2. The lowest BCUT2D eigenvalue weighted by molar-refractivity contribution is -0.146. The average molecular weight is 429 g/mol. The minimum Gasteiger partial charge on any atom is -0.439 e. The number of para-hydroxylation sites is 1. The van der Waals surface area contributed by atoms with Crippen LogP contribution in [0.2, 0.25) is 0 Å². The number of hydrogen-bond acceptors (Lipinski definition) is 4. The minimum absolute atomic E-state index is 0.185. The highest BCUT2D eigenvalue weighted by Gasteiger charge is 2.43. The van der Waals surface area contributed by atoms with Gasteiger partial charge in [-0.25, -0.2) is 14.2 Å². The molecule has 162 valence electrons. The fourth-order valence-electron chi connectivity index (χ4n) is 3.26. The third kappa shape index (κ3) is 5.04. The highest BCUT2D eigenvalue weighted by atomic mass is 19.1. The molecule has 32 heavy (non-hydrogen) atoms. The standard InChI is InChI=1S/C27H24FNO3/c1-5-31-26(30)27(4,19(2)3)23(18-20-14-16-21(28)17-15-20)24-12-9-13-25(29-24)32-22-10-7-6-8-11-22/h1,6-19H,2-4H3. The van der Waals surface area contributed by atoms with Gasteiger partial charge in [0.15, 0.2) is 0 Å². The summed E-state index contributed by atoms with van der Waals surface area (Å²) in [6.07, 6.45) is 9.03. The maximum Gasteiger partial charge on any atom is 0.330 e. The van der Waals surface area contributed by atoms with Crippen LogP contribution in [0.3, 0.4) is 0 Å². The first kappa shape index (κ1) is 22.8. The van der Waals surface area contributed by atoms with Crippen LogP contribution in [0.25, 0.3) is 11.6 Å². The molecule has 0 amide bonds. The van der Waals surface area contributed by atoms with Gasteiger partial charge in [0.1, 0.15) is 17.7 Å². The van der Waals surface area contributed by atoms with Gasteiger partial charge in [0.2, 0.25) is 5.88 Å². The lowest BCUT2D eigenvalue weighted by Crippen LogP contribution is -2.36. The number of ether oxygens (including phenoxy) is 2. The van der Waals surface area contributed by atoms with E-state index in [1.54, 1.807) is 43.3 Å². The van der Waals surface area contributed by atoms with E-state index in [0.717, 1.165) is 0 Å². The molecule has 0 bridgehead atoms. The lowest BCUT2D eigenvalue weighted by atomic mass is 9.71. The molecule has 0 fully saturated rings. The van der Waals surface area contributed by atoms with E-state index >= 15 is 0 Å². The van der Waals surface area contributed by atoms with Gasteiger partial charge < -0.3 is 9.47 Å². The summed E-state index contributed by atoms with van der Waals surface area (Å²) in [7, 11) is 0. The Morgan fingerprint density at radius 2 is 1.75 bits per heavy atom. The molecule has 2 aromatic carbocycles. The van der Waals surface area contributed by atoms with Crippen LogP contribution >= 0.6 is 0 Å². The van der Waals surface area contributed by atoms with Crippen molar-refractivity contribution in [2.75, 3.05) is 0 Å². The molecule has 4 nitrogen and oxygen atoms in total. The number of carbonyl (C=O) groups excluding carboxylic acids is 1. The van der Waals surface area contributed by atoms with Gasteiger partial charge >= 0.3 is 5.97 Å². The first-order valence-electron chi connectivity index (χ1n) is 10.2. The summed E-state index contributed by atoms with van der Waals surface area (Å²) in [5, 5.41) is 0. The molecule has 1 unspecified atom stereocenters. The monoisotopic (exact) mass is 429 g/mol. The largest absolute Gasteiger partial charge is 0.439 e. The molecular weight excluding hydrogens is 405 g/mol. The Hall–Kier alpha value is -3.91. The van der Waals surface area contributed by atoms with Gasteiger partial charge in [-0.15, -0.1) is 0 Å². The minimum atomic E-state index is -1.13. The Balaban J connectivity index is 2.14. The van der Waals surface area contributed by atoms with Gasteiger partial charge in [-0.2, -0.15) is 0 Å². The molecule has 1 heterocycles. The van der Waals surface area contributed by atoms with Crippen molar-refractivity contribution in [1.82, 2.24) is 4.98 Å². The van der Waals surface area contributed by atoms with Crippen LogP contribution in [0.4, 0.5) is 4.39 Å². The van der Waals surface area contributed by atoms with Gasteiger partial charge in [-0.3, -0.25) is 0 Å². The molecular formula is C27H24FNO3. The fraction of sp³-hybridized carbons (Fsp3) is 0.185. The van der Waals surface area contributed by atoms with Gasteiger partial charge in [-0.1, -0.05) is 56.7 Å². The van der Waals surface area contributed by atoms with E-state index in [0.29, 0.717) is 28.5 Å². The fourth-order valence-corrected chi connectivity index (χ4v) is 3.26. The zero-order valence-corrected chi connectivity index (χ0v) is 18.2. The number of nitrogens with zero attached hydrogens (tertiary/aromatic N) is 1. The third-order valence-corrected chi connectivity index (χ3v) is 5.44. The summed E-state index contributed by atoms with van der Waals surface area (Å²) in [6, 6.07) is 20.6. The summed E-state index contributed by atoms with van der Waals surface area (Å²) >= 11 is 0. The lowest BCUT2D eigenvalue weighted by Gasteiger charge is -2.33. The summed E-state index contributed by atoms with van der Waals surface area (Å²) in [4.78, 5) is 17.7. The van der Waals surface area contributed by atoms with Crippen LogP contribution in [-0.2, 0) is 9.53 Å². The van der Waals surface area contributed by atoms with Gasteiger partial charge in [0.25, 0.3) is 0 Å². The number of pyridine rings is 1. The number of hydrogen-bond donors (Lipinski definition) is 0. The normalized spacial score (nSPS) is 13.2. The van der Waals surface area contributed by atoms with Gasteiger partial charge in [0, 0.05) is 6.07 Å². The second-order valence-corrected chi connectivity index (χ2v) is 7.75. The van der Waals surface area contributed by atoms with E-state index in [1.165, 1.54) is 12.1 Å². The number of halogens is 1. The number of esters is 1. The molecule has 0 aliphatic carbocycles. The Kier molecular flexibility index (Phi) is 7.07. The molecule has 0 saturated heterocycles. The summed E-state index contributed by atoms with van der Waals surface area (Å²) in [5.74, 6) is -0.0942. The van der Waals surface area contributed by atoms with Crippen molar-refractivity contribution in [3.63, 3.8) is 0 Å². The Morgan fingerprint density at radius 3 is 2.38 bits per heavy atom. The number of carbonyl (C=O) groups is 1. The molecule has 3 rings (SSSR count). The summed E-state index contributed by atoms with van der Waals surface area (Å²) < 4.78 is 24.3. The molecule has 1 aromatic heterocycles. The van der Waals surface area contributed by atoms with Gasteiger partial charge in [-0.05, 0) is 60.4 Å². The van der Waals surface area contributed by atoms with Crippen LogP contribution in [-0.4, -0.2) is 11.0 Å². The van der Waals surface area contributed by atoms with Crippen molar-refractivity contribution < 1.29 is 18.7 Å². The summed E-state index contributed by atoms with van der Waals surface area (Å²) in [5.41, 5.74) is 0.683. The molecule has 0 N–H and O–H groups in total. The highest BCUT2D eigenvalue weighted by molar-refractivity contribution is 5.98. The van der Waals surface area contributed by atoms with E-state index < -0.39 is 11.4 Å².